The number of amides is 1. The molecule has 1 aliphatic rings. The first-order chi connectivity index (χ1) is 8.68. The largest absolute Gasteiger partial charge is 0.388 e. The molecule has 0 heterocycles. The van der Waals surface area contributed by atoms with E-state index in [0.29, 0.717) is 6.54 Å². The Kier molecular flexibility index (Phi) is 4.20. The van der Waals surface area contributed by atoms with Gasteiger partial charge >= 0.3 is 0 Å². The predicted molar refractivity (Wildman–Crippen MR) is 71.4 cm³/mol. The van der Waals surface area contributed by atoms with Crippen LogP contribution in [0.1, 0.15) is 25.7 Å². The molecular formula is C14H20N2O2. The number of aliphatic hydroxyl groups is 1. The van der Waals surface area contributed by atoms with Crippen molar-refractivity contribution in [2.45, 2.75) is 31.3 Å². The van der Waals surface area contributed by atoms with Crippen LogP contribution in [0.5, 0.6) is 0 Å². The standard InChI is InChI=1S/C14H20N2O2/c17-13(10-15-12-6-2-1-3-7-12)16-11-14(18)8-4-5-9-14/h1-3,6-7,15,18H,4-5,8-11H2,(H,16,17). The summed E-state index contributed by atoms with van der Waals surface area (Å²) in [5.74, 6) is -0.0841. The van der Waals surface area contributed by atoms with Gasteiger partial charge in [0.15, 0.2) is 0 Å². The molecule has 2 rings (SSSR count). The van der Waals surface area contributed by atoms with Gasteiger partial charge in [-0.2, -0.15) is 0 Å². The highest BCUT2D eigenvalue weighted by atomic mass is 16.3. The Labute approximate surface area is 107 Å². The van der Waals surface area contributed by atoms with Crippen molar-refractivity contribution in [1.82, 2.24) is 5.32 Å². The zero-order valence-corrected chi connectivity index (χ0v) is 10.5. The number of benzene rings is 1. The summed E-state index contributed by atoms with van der Waals surface area (Å²) in [5.41, 5.74) is 0.245. The first-order valence-electron chi connectivity index (χ1n) is 6.46. The van der Waals surface area contributed by atoms with Crippen molar-refractivity contribution < 1.29 is 9.90 Å². The number of carbonyl (C=O) groups excluding carboxylic acids is 1. The second-order valence-corrected chi connectivity index (χ2v) is 4.93. The van der Waals surface area contributed by atoms with Crippen LogP contribution >= 0.6 is 0 Å². The Morgan fingerprint density at radius 3 is 2.56 bits per heavy atom. The van der Waals surface area contributed by atoms with Crippen molar-refractivity contribution in [3.05, 3.63) is 30.3 Å². The maximum absolute atomic E-state index is 11.6. The summed E-state index contributed by atoms with van der Waals surface area (Å²) in [6, 6.07) is 9.60. The van der Waals surface area contributed by atoms with Gasteiger partial charge in [-0.15, -0.1) is 0 Å². The van der Waals surface area contributed by atoms with Crippen LogP contribution in [0.15, 0.2) is 30.3 Å². The number of para-hydroxylation sites is 1. The fraction of sp³-hybridized carbons (Fsp3) is 0.500. The predicted octanol–water partition coefficient (Wildman–Crippen LogP) is 1.52. The molecule has 0 bridgehead atoms. The normalized spacial score (nSPS) is 17.4. The summed E-state index contributed by atoms with van der Waals surface area (Å²) in [6.07, 6.45) is 3.68. The lowest BCUT2D eigenvalue weighted by Crippen LogP contribution is -2.42. The second kappa shape index (κ2) is 5.87. The molecule has 1 aromatic carbocycles. The lowest BCUT2D eigenvalue weighted by molar-refractivity contribution is -0.120. The van der Waals surface area contributed by atoms with E-state index < -0.39 is 5.60 Å². The topological polar surface area (TPSA) is 61.4 Å². The SMILES string of the molecule is O=C(CNc1ccccc1)NCC1(O)CCCC1. The quantitative estimate of drug-likeness (QED) is 0.740. The van der Waals surface area contributed by atoms with Crippen molar-refractivity contribution in [2.75, 3.05) is 18.4 Å². The van der Waals surface area contributed by atoms with Crippen LogP contribution in [0.2, 0.25) is 0 Å². The summed E-state index contributed by atoms with van der Waals surface area (Å²) in [6.45, 7) is 0.600. The van der Waals surface area contributed by atoms with Crippen LogP contribution in [-0.2, 0) is 4.79 Å². The highest BCUT2D eigenvalue weighted by Gasteiger charge is 2.31. The molecule has 0 aliphatic heterocycles. The van der Waals surface area contributed by atoms with Crippen molar-refractivity contribution >= 4 is 11.6 Å². The maximum Gasteiger partial charge on any atom is 0.239 e. The summed E-state index contributed by atoms with van der Waals surface area (Å²) >= 11 is 0. The molecule has 18 heavy (non-hydrogen) atoms. The Morgan fingerprint density at radius 1 is 1.22 bits per heavy atom. The van der Waals surface area contributed by atoms with E-state index in [2.05, 4.69) is 10.6 Å². The van der Waals surface area contributed by atoms with Crippen molar-refractivity contribution in [1.29, 1.82) is 0 Å². The molecule has 0 aromatic heterocycles. The minimum absolute atomic E-state index is 0.0841. The van der Waals surface area contributed by atoms with Crippen LogP contribution in [0.25, 0.3) is 0 Å². The fourth-order valence-electron chi connectivity index (χ4n) is 2.27. The van der Waals surface area contributed by atoms with E-state index in [0.717, 1.165) is 31.4 Å². The van der Waals surface area contributed by atoms with Gasteiger partial charge in [-0.1, -0.05) is 31.0 Å². The van der Waals surface area contributed by atoms with Crippen molar-refractivity contribution in [3.63, 3.8) is 0 Å². The highest BCUT2D eigenvalue weighted by Crippen LogP contribution is 2.28. The molecular weight excluding hydrogens is 228 g/mol. The van der Waals surface area contributed by atoms with E-state index in [9.17, 15) is 9.90 Å². The van der Waals surface area contributed by atoms with Gasteiger partial charge in [-0.05, 0) is 25.0 Å². The average molecular weight is 248 g/mol. The third-order valence-electron chi connectivity index (χ3n) is 3.38. The smallest absolute Gasteiger partial charge is 0.239 e. The van der Waals surface area contributed by atoms with E-state index in [-0.39, 0.29) is 12.5 Å². The van der Waals surface area contributed by atoms with Gasteiger partial charge in [0.1, 0.15) is 0 Å². The van der Waals surface area contributed by atoms with E-state index >= 15 is 0 Å². The molecule has 4 nitrogen and oxygen atoms in total. The Balaban J connectivity index is 1.69. The lowest BCUT2D eigenvalue weighted by atomic mass is 10.0. The zero-order valence-electron chi connectivity index (χ0n) is 10.5. The Morgan fingerprint density at radius 2 is 1.89 bits per heavy atom. The van der Waals surface area contributed by atoms with E-state index in [1.165, 1.54) is 0 Å². The van der Waals surface area contributed by atoms with Crippen LogP contribution in [0.4, 0.5) is 5.69 Å². The number of carbonyl (C=O) groups is 1. The minimum atomic E-state index is -0.678. The molecule has 1 saturated carbocycles. The Hall–Kier alpha value is -1.55. The molecule has 3 N–H and O–H groups in total. The van der Waals surface area contributed by atoms with Crippen LogP contribution in [0, 0.1) is 0 Å². The molecule has 1 fully saturated rings. The van der Waals surface area contributed by atoms with E-state index in [1.807, 2.05) is 30.3 Å². The Bertz CT molecular complexity index is 386. The molecule has 1 aromatic rings. The van der Waals surface area contributed by atoms with Gasteiger partial charge in [-0.3, -0.25) is 4.79 Å². The number of nitrogens with one attached hydrogen (secondary N) is 2. The minimum Gasteiger partial charge on any atom is -0.388 e. The molecule has 1 amide bonds. The average Bonchev–Trinajstić information content (AvgIpc) is 2.83. The molecule has 0 saturated heterocycles. The molecule has 0 unspecified atom stereocenters. The van der Waals surface area contributed by atoms with Crippen LogP contribution in [-0.4, -0.2) is 29.7 Å². The molecule has 1 aliphatic carbocycles. The van der Waals surface area contributed by atoms with E-state index in [1.54, 1.807) is 0 Å². The van der Waals surface area contributed by atoms with Crippen molar-refractivity contribution in [2.24, 2.45) is 0 Å². The van der Waals surface area contributed by atoms with Crippen LogP contribution < -0.4 is 10.6 Å². The van der Waals surface area contributed by atoms with E-state index in [4.69, 9.17) is 0 Å². The number of anilines is 1. The molecule has 4 heteroatoms. The second-order valence-electron chi connectivity index (χ2n) is 4.93. The third-order valence-corrected chi connectivity index (χ3v) is 3.38. The highest BCUT2D eigenvalue weighted by molar-refractivity contribution is 5.80. The molecule has 0 atom stereocenters. The summed E-state index contributed by atoms with van der Waals surface area (Å²) in [5, 5.41) is 15.9. The molecule has 0 spiro atoms. The number of hydrogen-bond donors (Lipinski definition) is 3. The summed E-state index contributed by atoms with van der Waals surface area (Å²) in [7, 11) is 0. The summed E-state index contributed by atoms with van der Waals surface area (Å²) in [4.78, 5) is 11.6. The zero-order chi connectivity index (χ0) is 12.8. The monoisotopic (exact) mass is 248 g/mol. The fourth-order valence-corrected chi connectivity index (χ4v) is 2.27. The summed E-state index contributed by atoms with van der Waals surface area (Å²) < 4.78 is 0. The van der Waals surface area contributed by atoms with Gasteiger partial charge < -0.3 is 15.7 Å². The van der Waals surface area contributed by atoms with Gasteiger partial charge in [0, 0.05) is 12.2 Å². The van der Waals surface area contributed by atoms with Gasteiger partial charge in [0.05, 0.1) is 12.1 Å². The number of hydrogen-bond acceptors (Lipinski definition) is 3. The van der Waals surface area contributed by atoms with Gasteiger partial charge in [0.2, 0.25) is 5.91 Å². The lowest BCUT2D eigenvalue weighted by Gasteiger charge is -2.22. The van der Waals surface area contributed by atoms with Gasteiger partial charge in [0.25, 0.3) is 0 Å². The first-order valence-corrected chi connectivity index (χ1v) is 6.46. The first kappa shape index (κ1) is 12.9. The maximum atomic E-state index is 11.6. The molecule has 0 radical (unpaired) electrons. The third kappa shape index (κ3) is 3.74. The molecule has 98 valence electrons. The number of rotatable bonds is 5. The van der Waals surface area contributed by atoms with Gasteiger partial charge in [-0.25, -0.2) is 0 Å². The van der Waals surface area contributed by atoms with Crippen LogP contribution in [0.3, 0.4) is 0 Å². The van der Waals surface area contributed by atoms with Crippen molar-refractivity contribution in [3.8, 4) is 0 Å².